The van der Waals surface area contributed by atoms with Crippen LogP contribution in [0.1, 0.15) is 91.4 Å². The van der Waals surface area contributed by atoms with Gasteiger partial charge >= 0.3 is 5.97 Å². The summed E-state index contributed by atoms with van der Waals surface area (Å²) in [5, 5.41) is 0. The molecule has 3 heteroatoms. The number of unbranched alkanes of at least 4 members (excludes halogenated alkanes) is 7. The van der Waals surface area contributed by atoms with E-state index in [4.69, 9.17) is 4.74 Å². The number of carbonyl (C=O) groups is 1. The fourth-order valence-corrected chi connectivity index (χ4v) is 5.08. The Morgan fingerprint density at radius 1 is 0.727 bits per heavy atom. The molecule has 0 radical (unpaired) electrons. The molecule has 0 aromatic heterocycles. The third kappa shape index (κ3) is 14.7. The lowest BCUT2D eigenvalue weighted by Crippen LogP contribution is -2.17. The molecule has 0 saturated carbocycles. The zero-order chi connectivity index (χ0) is 16.5. The van der Waals surface area contributed by atoms with Gasteiger partial charge in [0.15, 0.2) is 0 Å². The Morgan fingerprint density at radius 3 is 1.91 bits per heavy atom. The van der Waals surface area contributed by atoms with Crippen LogP contribution in [0.4, 0.5) is 0 Å². The summed E-state index contributed by atoms with van der Waals surface area (Å²) in [7, 11) is 0.598. The Balaban J connectivity index is 3.70. The van der Waals surface area contributed by atoms with Crippen LogP contribution in [-0.2, 0) is 20.4 Å². The minimum atomic E-state index is -0.0214. The molecule has 2 nitrogen and oxygen atoms in total. The molecular formula is C19H39O2S+. The van der Waals surface area contributed by atoms with Crippen LogP contribution in [-0.4, -0.2) is 29.8 Å². The average Bonchev–Trinajstić information content (AvgIpc) is 2.51. The van der Waals surface area contributed by atoms with Crippen LogP contribution in [0.25, 0.3) is 0 Å². The summed E-state index contributed by atoms with van der Waals surface area (Å²) in [5.41, 5.74) is 0. The van der Waals surface area contributed by atoms with Gasteiger partial charge in [0, 0.05) is 6.42 Å². The van der Waals surface area contributed by atoms with Crippen LogP contribution in [0.3, 0.4) is 0 Å². The lowest BCUT2D eigenvalue weighted by Gasteiger charge is -2.09. The van der Waals surface area contributed by atoms with E-state index in [9.17, 15) is 4.79 Å². The van der Waals surface area contributed by atoms with E-state index in [2.05, 4.69) is 13.8 Å². The predicted octanol–water partition coefficient (Wildman–Crippen LogP) is 5.50. The van der Waals surface area contributed by atoms with Crippen LogP contribution in [0.15, 0.2) is 0 Å². The van der Waals surface area contributed by atoms with Crippen molar-refractivity contribution < 1.29 is 9.53 Å². The maximum absolute atomic E-state index is 11.3. The Kier molecular flexibility index (Phi) is 17.0. The van der Waals surface area contributed by atoms with E-state index in [1.807, 2.05) is 6.92 Å². The van der Waals surface area contributed by atoms with E-state index in [0.717, 1.165) is 6.42 Å². The van der Waals surface area contributed by atoms with Gasteiger partial charge in [-0.3, -0.25) is 4.79 Å². The lowest BCUT2D eigenvalue weighted by atomic mass is 10.1. The minimum absolute atomic E-state index is 0.0214. The first-order valence-corrected chi connectivity index (χ1v) is 11.3. The van der Waals surface area contributed by atoms with Crippen molar-refractivity contribution in [1.82, 2.24) is 0 Å². The van der Waals surface area contributed by atoms with Gasteiger partial charge in [0.2, 0.25) is 0 Å². The van der Waals surface area contributed by atoms with Crippen LogP contribution < -0.4 is 0 Å². The van der Waals surface area contributed by atoms with Crippen molar-refractivity contribution in [3.63, 3.8) is 0 Å². The van der Waals surface area contributed by atoms with Crippen LogP contribution in [0.5, 0.6) is 0 Å². The Bertz CT molecular complexity index is 244. The first kappa shape index (κ1) is 21.8. The summed E-state index contributed by atoms with van der Waals surface area (Å²) >= 11 is 0. The molecule has 0 aromatic rings. The highest BCUT2D eigenvalue weighted by molar-refractivity contribution is 7.96. The van der Waals surface area contributed by atoms with Crippen molar-refractivity contribution in [2.24, 2.45) is 0 Å². The summed E-state index contributed by atoms with van der Waals surface area (Å²) in [6.07, 6.45) is 13.9. The van der Waals surface area contributed by atoms with Gasteiger partial charge in [-0.05, 0) is 49.9 Å². The predicted molar refractivity (Wildman–Crippen MR) is 101 cm³/mol. The quantitative estimate of drug-likeness (QED) is 0.212. The fourth-order valence-electron chi connectivity index (χ4n) is 2.55. The van der Waals surface area contributed by atoms with Crippen molar-refractivity contribution in [1.29, 1.82) is 0 Å². The number of ether oxygens (including phenoxy) is 1. The molecule has 132 valence electrons. The van der Waals surface area contributed by atoms with Crippen molar-refractivity contribution in [2.45, 2.75) is 91.4 Å². The summed E-state index contributed by atoms with van der Waals surface area (Å²) in [6, 6.07) is 0. The Hall–Kier alpha value is -0.180. The second kappa shape index (κ2) is 17.2. The molecule has 0 N–H and O–H groups in total. The van der Waals surface area contributed by atoms with Crippen molar-refractivity contribution >= 4 is 16.9 Å². The fraction of sp³-hybridized carbons (Fsp3) is 0.947. The van der Waals surface area contributed by atoms with Gasteiger partial charge in [0.1, 0.15) is 17.3 Å². The standard InChI is InChI=1S/C19H39O2S/c1-4-7-9-10-11-13-17-22(16-8-5-2)18-14-12-15-19(20)21-6-3/h4-18H2,1-3H3/q+1. The van der Waals surface area contributed by atoms with E-state index < -0.39 is 0 Å². The topological polar surface area (TPSA) is 26.3 Å². The average molecular weight is 332 g/mol. The number of hydrogen-bond donors (Lipinski definition) is 0. The molecule has 0 aliphatic carbocycles. The lowest BCUT2D eigenvalue weighted by molar-refractivity contribution is -0.143. The van der Waals surface area contributed by atoms with Crippen LogP contribution >= 0.6 is 0 Å². The highest BCUT2D eigenvalue weighted by Crippen LogP contribution is 2.12. The maximum atomic E-state index is 11.3. The molecule has 0 bridgehead atoms. The number of carbonyl (C=O) groups excluding carboxylic acids is 1. The second-order valence-electron chi connectivity index (χ2n) is 6.11. The van der Waals surface area contributed by atoms with Gasteiger partial charge in [0.25, 0.3) is 0 Å². The summed E-state index contributed by atoms with van der Waals surface area (Å²) < 4.78 is 4.99. The van der Waals surface area contributed by atoms with Gasteiger partial charge in [-0.15, -0.1) is 0 Å². The van der Waals surface area contributed by atoms with Gasteiger partial charge in [-0.1, -0.05) is 46.0 Å². The largest absolute Gasteiger partial charge is 0.466 e. The van der Waals surface area contributed by atoms with E-state index >= 15 is 0 Å². The molecule has 22 heavy (non-hydrogen) atoms. The van der Waals surface area contributed by atoms with Crippen LogP contribution in [0, 0.1) is 0 Å². The van der Waals surface area contributed by atoms with E-state index in [1.165, 1.54) is 75.0 Å². The second-order valence-corrected chi connectivity index (χ2v) is 8.56. The molecule has 0 aliphatic heterocycles. The number of hydrogen-bond acceptors (Lipinski definition) is 2. The third-order valence-corrected chi connectivity index (χ3v) is 6.54. The summed E-state index contributed by atoms with van der Waals surface area (Å²) in [4.78, 5) is 11.3. The van der Waals surface area contributed by atoms with Crippen molar-refractivity contribution in [3.05, 3.63) is 0 Å². The Morgan fingerprint density at radius 2 is 1.27 bits per heavy atom. The maximum Gasteiger partial charge on any atom is 0.305 e. The molecule has 0 rings (SSSR count). The molecule has 0 spiro atoms. The van der Waals surface area contributed by atoms with E-state index in [1.54, 1.807) is 0 Å². The highest BCUT2D eigenvalue weighted by Gasteiger charge is 2.16. The SMILES string of the molecule is CCCCCCCC[S+](CCCC)CCCCC(=O)OCC. The molecule has 0 heterocycles. The zero-order valence-corrected chi connectivity index (χ0v) is 16.1. The van der Waals surface area contributed by atoms with Gasteiger partial charge in [-0.25, -0.2) is 0 Å². The van der Waals surface area contributed by atoms with Gasteiger partial charge in [-0.2, -0.15) is 0 Å². The van der Waals surface area contributed by atoms with Crippen molar-refractivity contribution in [3.8, 4) is 0 Å². The molecule has 0 aromatic carbocycles. The smallest absolute Gasteiger partial charge is 0.305 e. The molecule has 1 unspecified atom stereocenters. The van der Waals surface area contributed by atoms with E-state index in [-0.39, 0.29) is 5.97 Å². The number of rotatable bonds is 16. The molecule has 0 aliphatic rings. The number of esters is 1. The zero-order valence-electron chi connectivity index (χ0n) is 15.3. The molecular weight excluding hydrogens is 292 g/mol. The summed E-state index contributed by atoms with van der Waals surface area (Å²) in [5.74, 6) is 4.14. The highest BCUT2D eigenvalue weighted by atomic mass is 32.2. The minimum Gasteiger partial charge on any atom is -0.466 e. The van der Waals surface area contributed by atoms with Gasteiger partial charge in [0.05, 0.1) is 6.61 Å². The molecule has 1 atom stereocenters. The van der Waals surface area contributed by atoms with Crippen LogP contribution in [0.2, 0.25) is 0 Å². The monoisotopic (exact) mass is 331 g/mol. The first-order valence-electron chi connectivity index (χ1n) is 9.54. The normalized spacial score (nSPS) is 12.3. The summed E-state index contributed by atoms with van der Waals surface area (Å²) in [6.45, 7) is 6.95. The molecule has 0 saturated heterocycles. The van der Waals surface area contributed by atoms with Crippen molar-refractivity contribution in [2.75, 3.05) is 23.9 Å². The molecule has 0 fully saturated rings. The van der Waals surface area contributed by atoms with E-state index in [0.29, 0.717) is 23.9 Å². The first-order chi connectivity index (χ1) is 10.7. The third-order valence-electron chi connectivity index (χ3n) is 3.94. The molecule has 0 amide bonds. The Labute approximate surface area is 142 Å². The van der Waals surface area contributed by atoms with Gasteiger partial charge < -0.3 is 4.74 Å².